The summed E-state index contributed by atoms with van der Waals surface area (Å²) in [5.41, 5.74) is 0.531. The van der Waals surface area contributed by atoms with E-state index in [1.807, 2.05) is 19.9 Å². The molecule has 4 heteroatoms. The normalized spacial score (nSPS) is 12.3. The summed E-state index contributed by atoms with van der Waals surface area (Å²) >= 11 is 0. The van der Waals surface area contributed by atoms with Gasteiger partial charge in [-0.2, -0.15) is 0 Å². The molecular formula is C13H19NO3. The van der Waals surface area contributed by atoms with Crippen LogP contribution in [0.4, 0.5) is 0 Å². The molecule has 0 saturated heterocycles. The molecule has 0 saturated carbocycles. The largest absolute Gasteiger partial charge is 0.491 e. The summed E-state index contributed by atoms with van der Waals surface area (Å²) in [4.78, 5) is 11.7. The third-order valence-electron chi connectivity index (χ3n) is 2.03. The van der Waals surface area contributed by atoms with Crippen LogP contribution >= 0.6 is 0 Å². The van der Waals surface area contributed by atoms with E-state index >= 15 is 0 Å². The Hall–Kier alpha value is -1.55. The number of carbonyl (C=O) groups excluding carboxylic acids is 1. The van der Waals surface area contributed by atoms with E-state index in [1.165, 1.54) is 0 Å². The second-order valence-corrected chi connectivity index (χ2v) is 4.25. The van der Waals surface area contributed by atoms with E-state index in [0.29, 0.717) is 11.3 Å². The van der Waals surface area contributed by atoms with Crippen LogP contribution < -0.4 is 10.1 Å². The molecule has 1 atom stereocenters. The molecule has 0 unspecified atom stereocenters. The first-order chi connectivity index (χ1) is 7.99. The molecule has 1 aromatic carbocycles. The van der Waals surface area contributed by atoms with E-state index in [0.717, 1.165) is 0 Å². The molecule has 0 fully saturated rings. The Morgan fingerprint density at radius 1 is 1.41 bits per heavy atom. The Morgan fingerprint density at radius 2 is 2.12 bits per heavy atom. The molecule has 0 aromatic heterocycles. The fraction of sp³-hybridized carbons (Fsp3) is 0.462. The Morgan fingerprint density at radius 3 is 2.71 bits per heavy atom. The average molecular weight is 237 g/mol. The highest BCUT2D eigenvalue weighted by Gasteiger charge is 2.07. The van der Waals surface area contributed by atoms with Crippen molar-refractivity contribution in [3.8, 4) is 5.75 Å². The van der Waals surface area contributed by atoms with Gasteiger partial charge in [-0.05, 0) is 39.0 Å². The van der Waals surface area contributed by atoms with Crippen molar-refractivity contribution in [3.05, 3.63) is 29.8 Å². The molecule has 0 aliphatic heterocycles. The second kappa shape index (κ2) is 6.25. The average Bonchev–Trinajstić information content (AvgIpc) is 2.25. The molecule has 0 aliphatic carbocycles. The van der Waals surface area contributed by atoms with E-state index < -0.39 is 6.10 Å². The monoisotopic (exact) mass is 237 g/mol. The highest BCUT2D eigenvalue weighted by molar-refractivity contribution is 5.94. The summed E-state index contributed by atoms with van der Waals surface area (Å²) < 4.78 is 5.50. The van der Waals surface area contributed by atoms with E-state index in [1.54, 1.807) is 25.1 Å². The number of hydrogen-bond acceptors (Lipinski definition) is 3. The van der Waals surface area contributed by atoms with Gasteiger partial charge in [0.2, 0.25) is 0 Å². The lowest BCUT2D eigenvalue weighted by molar-refractivity contribution is 0.0923. The molecule has 1 aromatic rings. The van der Waals surface area contributed by atoms with Gasteiger partial charge in [0.25, 0.3) is 5.91 Å². The maximum atomic E-state index is 11.7. The lowest BCUT2D eigenvalue weighted by Crippen LogP contribution is -2.30. The Labute approximate surface area is 102 Å². The van der Waals surface area contributed by atoms with Gasteiger partial charge in [0, 0.05) is 12.1 Å². The van der Waals surface area contributed by atoms with Crippen LogP contribution in [-0.2, 0) is 0 Å². The number of carbonyl (C=O) groups is 1. The van der Waals surface area contributed by atoms with Crippen molar-refractivity contribution in [1.82, 2.24) is 5.32 Å². The molecule has 0 spiro atoms. The van der Waals surface area contributed by atoms with Crippen molar-refractivity contribution in [2.24, 2.45) is 0 Å². The van der Waals surface area contributed by atoms with Crippen molar-refractivity contribution in [3.63, 3.8) is 0 Å². The van der Waals surface area contributed by atoms with Gasteiger partial charge in [-0.15, -0.1) is 0 Å². The molecule has 0 radical (unpaired) electrons. The van der Waals surface area contributed by atoms with Gasteiger partial charge in [0.15, 0.2) is 0 Å². The van der Waals surface area contributed by atoms with Crippen LogP contribution in [-0.4, -0.2) is 29.8 Å². The highest BCUT2D eigenvalue weighted by Crippen LogP contribution is 2.14. The van der Waals surface area contributed by atoms with Gasteiger partial charge in [-0.3, -0.25) is 4.79 Å². The van der Waals surface area contributed by atoms with Crippen LogP contribution in [0.2, 0.25) is 0 Å². The predicted octanol–water partition coefficient (Wildman–Crippen LogP) is 1.58. The molecule has 94 valence electrons. The minimum absolute atomic E-state index is 0.0748. The number of amides is 1. The number of rotatable bonds is 5. The predicted molar refractivity (Wildman–Crippen MR) is 66.2 cm³/mol. The summed E-state index contributed by atoms with van der Waals surface area (Å²) in [6, 6.07) is 6.99. The topological polar surface area (TPSA) is 58.6 Å². The first-order valence-electron chi connectivity index (χ1n) is 5.72. The molecule has 4 nitrogen and oxygen atoms in total. The van der Waals surface area contributed by atoms with Gasteiger partial charge < -0.3 is 15.2 Å². The fourth-order valence-electron chi connectivity index (χ4n) is 1.33. The third-order valence-corrected chi connectivity index (χ3v) is 2.03. The first kappa shape index (κ1) is 13.5. The quantitative estimate of drug-likeness (QED) is 0.817. The molecule has 17 heavy (non-hydrogen) atoms. The zero-order valence-corrected chi connectivity index (χ0v) is 10.4. The number of ether oxygens (including phenoxy) is 1. The van der Waals surface area contributed by atoms with Crippen LogP contribution in [0, 0.1) is 0 Å². The lowest BCUT2D eigenvalue weighted by Gasteiger charge is -2.11. The Bertz CT molecular complexity index is 375. The van der Waals surface area contributed by atoms with Gasteiger partial charge >= 0.3 is 0 Å². The maximum absolute atomic E-state index is 11.7. The van der Waals surface area contributed by atoms with Gasteiger partial charge in [-0.1, -0.05) is 6.07 Å². The van der Waals surface area contributed by atoms with Crippen molar-refractivity contribution in [1.29, 1.82) is 0 Å². The van der Waals surface area contributed by atoms with Crippen molar-refractivity contribution in [2.75, 3.05) is 6.54 Å². The lowest BCUT2D eigenvalue weighted by atomic mass is 10.2. The number of aliphatic hydroxyl groups is 1. The molecular weight excluding hydrogens is 218 g/mol. The minimum atomic E-state index is -0.547. The summed E-state index contributed by atoms with van der Waals surface area (Å²) in [6.07, 6.45) is -0.472. The molecule has 2 N–H and O–H groups in total. The molecule has 0 bridgehead atoms. The summed E-state index contributed by atoms with van der Waals surface area (Å²) in [7, 11) is 0. The maximum Gasteiger partial charge on any atom is 0.251 e. The third kappa shape index (κ3) is 4.87. The summed E-state index contributed by atoms with van der Waals surface area (Å²) in [6.45, 7) is 5.73. The van der Waals surface area contributed by atoms with Gasteiger partial charge in [0.05, 0.1) is 12.2 Å². The first-order valence-corrected chi connectivity index (χ1v) is 5.72. The van der Waals surface area contributed by atoms with E-state index in [4.69, 9.17) is 9.84 Å². The Kier molecular flexibility index (Phi) is 4.97. The zero-order valence-electron chi connectivity index (χ0n) is 10.4. The van der Waals surface area contributed by atoms with E-state index in [9.17, 15) is 4.79 Å². The molecule has 0 aliphatic rings. The minimum Gasteiger partial charge on any atom is -0.491 e. The van der Waals surface area contributed by atoms with Crippen molar-refractivity contribution in [2.45, 2.75) is 33.0 Å². The van der Waals surface area contributed by atoms with Crippen LogP contribution in [0.1, 0.15) is 31.1 Å². The number of hydrogen-bond donors (Lipinski definition) is 2. The second-order valence-electron chi connectivity index (χ2n) is 4.25. The number of nitrogens with one attached hydrogen (secondary N) is 1. The molecule has 0 heterocycles. The van der Waals surface area contributed by atoms with Crippen molar-refractivity contribution < 1.29 is 14.6 Å². The van der Waals surface area contributed by atoms with E-state index in [-0.39, 0.29) is 18.6 Å². The zero-order chi connectivity index (χ0) is 12.8. The number of aliphatic hydroxyl groups excluding tert-OH is 1. The van der Waals surface area contributed by atoms with Gasteiger partial charge in [-0.25, -0.2) is 0 Å². The van der Waals surface area contributed by atoms with Crippen LogP contribution in [0.15, 0.2) is 24.3 Å². The van der Waals surface area contributed by atoms with Crippen LogP contribution in [0.5, 0.6) is 5.75 Å². The van der Waals surface area contributed by atoms with Crippen molar-refractivity contribution >= 4 is 5.91 Å². The van der Waals surface area contributed by atoms with E-state index in [2.05, 4.69) is 5.32 Å². The SMILES string of the molecule is CC(C)Oc1cccc(C(=O)NC[C@@H](C)O)c1. The standard InChI is InChI=1S/C13H19NO3/c1-9(2)17-12-6-4-5-11(7-12)13(16)14-8-10(3)15/h4-7,9-10,15H,8H2,1-3H3,(H,14,16)/t10-/m1/s1. The number of benzene rings is 1. The fourth-order valence-corrected chi connectivity index (χ4v) is 1.33. The summed E-state index contributed by atoms with van der Waals surface area (Å²) in [5, 5.41) is 11.7. The molecule has 1 rings (SSSR count). The Balaban J connectivity index is 2.67. The van der Waals surface area contributed by atoms with Gasteiger partial charge in [0.1, 0.15) is 5.75 Å². The smallest absolute Gasteiger partial charge is 0.251 e. The van der Waals surface area contributed by atoms with Crippen LogP contribution in [0.3, 0.4) is 0 Å². The molecule has 1 amide bonds. The van der Waals surface area contributed by atoms with Crippen LogP contribution in [0.25, 0.3) is 0 Å². The summed E-state index contributed by atoms with van der Waals surface area (Å²) in [5.74, 6) is 0.463. The highest BCUT2D eigenvalue weighted by atomic mass is 16.5.